The van der Waals surface area contributed by atoms with Crippen LogP contribution in [0.15, 0.2) is 59.2 Å². The van der Waals surface area contributed by atoms with E-state index < -0.39 is 0 Å². The first-order valence-corrected chi connectivity index (χ1v) is 9.82. The number of carbonyl (C=O) groups is 3. The van der Waals surface area contributed by atoms with Gasteiger partial charge in [0.25, 0.3) is 11.8 Å². The molecule has 7 heteroatoms. The second-order valence-corrected chi connectivity index (χ2v) is 7.49. The van der Waals surface area contributed by atoms with Crippen LogP contribution < -0.4 is 10.6 Å². The minimum Gasteiger partial charge on any atom is -0.459 e. The van der Waals surface area contributed by atoms with Crippen molar-refractivity contribution in [1.82, 2.24) is 4.90 Å². The fraction of sp³-hybridized carbons (Fsp3) is 0.208. The van der Waals surface area contributed by atoms with Gasteiger partial charge in [0.2, 0.25) is 5.91 Å². The standard InChI is InChI=1S/C24H25N3O4/c1-15-12-16(2)22(17(3)13-15)26-21(28)14-27(4)24(30)18-7-9-19(10-8-18)25-23(29)20-6-5-11-31-20/h5-13H,14H2,1-4H3,(H,25,29)(H,26,28). The number of carbonyl (C=O) groups excluding carboxylic acids is 3. The Morgan fingerprint density at radius 2 is 1.58 bits per heavy atom. The molecule has 3 aromatic rings. The van der Waals surface area contributed by atoms with E-state index in [1.54, 1.807) is 43.4 Å². The van der Waals surface area contributed by atoms with Gasteiger partial charge in [0.1, 0.15) is 0 Å². The van der Waals surface area contributed by atoms with Crippen molar-refractivity contribution in [1.29, 1.82) is 0 Å². The molecule has 0 aliphatic heterocycles. The van der Waals surface area contributed by atoms with E-state index in [9.17, 15) is 14.4 Å². The number of amides is 3. The third-order valence-electron chi connectivity index (χ3n) is 4.80. The summed E-state index contributed by atoms with van der Waals surface area (Å²) in [6, 6.07) is 13.7. The van der Waals surface area contributed by atoms with E-state index in [0.29, 0.717) is 11.3 Å². The van der Waals surface area contributed by atoms with Gasteiger partial charge in [-0.3, -0.25) is 14.4 Å². The highest BCUT2D eigenvalue weighted by molar-refractivity contribution is 6.03. The van der Waals surface area contributed by atoms with Crippen molar-refractivity contribution in [2.75, 3.05) is 24.2 Å². The SMILES string of the molecule is Cc1cc(C)c(NC(=O)CN(C)C(=O)c2ccc(NC(=O)c3ccco3)cc2)c(C)c1. The molecule has 160 valence electrons. The number of nitrogens with zero attached hydrogens (tertiary/aromatic N) is 1. The lowest BCUT2D eigenvalue weighted by atomic mass is 10.1. The van der Waals surface area contributed by atoms with Crippen LogP contribution in [-0.2, 0) is 4.79 Å². The number of benzene rings is 2. The van der Waals surface area contributed by atoms with E-state index >= 15 is 0 Å². The maximum atomic E-state index is 12.7. The topological polar surface area (TPSA) is 91.7 Å². The first kappa shape index (κ1) is 21.8. The molecule has 0 atom stereocenters. The first-order valence-electron chi connectivity index (χ1n) is 9.82. The second kappa shape index (κ2) is 9.30. The Morgan fingerprint density at radius 3 is 2.16 bits per heavy atom. The minimum absolute atomic E-state index is 0.0808. The van der Waals surface area contributed by atoms with Gasteiger partial charge in [-0.15, -0.1) is 0 Å². The van der Waals surface area contributed by atoms with Crippen LogP contribution in [0.4, 0.5) is 11.4 Å². The predicted molar refractivity (Wildman–Crippen MR) is 119 cm³/mol. The smallest absolute Gasteiger partial charge is 0.291 e. The largest absolute Gasteiger partial charge is 0.459 e. The third kappa shape index (κ3) is 5.39. The molecular weight excluding hydrogens is 394 g/mol. The molecule has 31 heavy (non-hydrogen) atoms. The van der Waals surface area contributed by atoms with Crippen molar-refractivity contribution in [3.63, 3.8) is 0 Å². The van der Waals surface area contributed by atoms with Gasteiger partial charge in [-0.05, 0) is 68.3 Å². The number of aryl methyl sites for hydroxylation is 3. The molecule has 0 fully saturated rings. The van der Waals surface area contributed by atoms with Gasteiger partial charge in [-0.1, -0.05) is 17.7 Å². The molecule has 0 aliphatic carbocycles. The number of likely N-dealkylation sites (N-methyl/N-ethyl adjacent to an activating group) is 1. The number of furan rings is 1. The molecular formula is C24H25N3O4. The second-order valence-electron chi connectivity index (χ2n) is 7.49. The lowest BCUT2D eigenvalue weighted by molar-refractivity contribution is -0.116. The zero-order chi connectivity index (χ0) is 22.5. The van der Waals surface area contributed by atoms with E-state index in [1.165, 1.54) is 11.2 Å². The third-order valence-corrected chi connectivity index (χ3v) is 4.80. The van der Waals surface area contributed by atoms with Gasteiger partial charge in [-0.2, -0.15) is 0 Å². The molecule has 3 amide bonds. The van der Waals surface area contributed by atoms with Gasteiger partial charge < -0.3 is 20.0 Å². The highest BCUT2D eigenvalue weighted by atomic mass is 16.3. The quantitative estimate of drug-likeness (QED) is 0.627. The summed E-state index contributed by atoms with van der Waals surface area (Å²) >= 11 is 0. The van der Waals surface area contributed by atoms with Crippen LogP contribution in [0.3, 0.4) is 0 Å². The molecule has 0 aliphatic rings. The fourth-order valence-electron chi connectivity index (χ4n) is 3.36. The van der Waals surface area contributed by atoms with Crippen LogP contribution in [0.1, 0.15) is 37.6 Å². The van der Waals surface area contributed by atoms with E-state index in [1.807, 2.05) is 32.9 Å². The van der Waals surface area contributed by atoms with Gasteiger partial charge in [0.15, 0.2) is 5.76 Å². The fourth-order valence-corrected chi connectivity index (χ4v) is 3.36. The normalized spacial score (nSPS) is 10.5. The first-order chi connectivity index (χ1) is 14.7. The number of rotatable bonds is 6. The molecule has 2 aromatic carbocycles. The minimum atomic E-state index is -0.375. The van der Waals surface area contributed by atoms with Gasteiger partial charge >= 0.3 is 0 Å². The molecule has 0 radical (unpaired) electrons. The summed E-state index contributed by atoms with van der Waals surface area (Å²) in [6.45, 7) is 5.81. The molecule has 0 saturated heterocycles. The van der Waals surface area contributed by atoms with Crippen molar-refractivity contribution >= 4 is 29.1 Å². The lowest BCUT2D eigenvalue weighted by Crippen LogP contribution is -2.35. The van der Waals surface area contributed by atoms with Gasteiger partial charge in [-0.25, -0.2) is 0 Å². The Hall–Kier alpha value is -3.87. The summed E-state index contributed by atoms with van der Waals surface area (Å²) < 4.78 is 5.05. The molecule has 1 heterocycles. The van der Waals surface area contributed by atoms with Crippen LogP contribution in [0.2, 0.25) is 0 Å². The van der Waals surface area contributed by atoms with Crippen molar-refractivity contribution in [3.8, 4) is 0 Å². The maximum absolute atomic E-state index is 12.7. The summed E-state index contributed by atoms with van der Waals surface area (Å²) in [5.41, 5.74) is 4.80. The molecule has 7 nitrogen and oxygen atoms in total. The Balaban J connectivity index is 1.59. The van der Waals surface area contributed by atoms with Gasteiger partial charge in [0.05, 0.1) is 12.8 Å². The van der Waals surface area contributed by atoms with Crippen LogP contribution in [0, 0.1) is 20.8 Å². The molecule has 0 unspecified atom stereocenters. The van der Waals surface area contributed by atoms with Crippen LogP contribution in [0.25, 0.3) is 0 Å². The van der Waals surface area contributed by atoms with Crippen molar-refractivity contribution in [2.45, 2.75) is 20.8 Å². The van der Waals surface area contributed by atoms with E-state index in [2.05, 4.69) is 10.6 Å². The average Bonchev–Trinajstić information content (AvgIpc) is 3.26. The maximum Gasteiger partial charge on any atom is 0.291 e. The summed E-state index contributed by atoms with van der Waals surface area (Å²) in [5, 5.41) is 5.59. The monoisotopic (exact) mass is 419 g/mol. The summed E-state index contributed by atoms with van der Waals surface area (Å²) in [7, 11) is 1.57. The molecule has 1 aromatic heterocycles. The molecule has 2 N–H and O–H groups in total. The molecule has 0 spiro atoms. The zero-order valence-corrected chi connectivity index (χ0v) is 18.0. The van der Waals surface area contributed by atoms with Gasteiger partial charge in [0, 0.05) is 24.0 Å². The van der Waals surface area contributed by atoms with Crippen LogP contribution in [-0.4, -0.2) is 36.2 Å². The zero-order valence-electron chi connectivity index (χ0n) is 18.0. The lowest BCUT2D eigenvalue weighted by Gasteiger charge is -2.18. The van der Waals surface area contributed by atoms with E-state index in [0.717, 1.165) is 22.4 Å². The Bertz CT molecular complexity index is 1080. The summed E-state index contributed by atoms with van der Waals surface area (Å²) in [4.78, 5) is 38.5. The molecule has 3 rings (SSSR count). The Kier molecular flexibility index (Phi) is 6.55. The average molecular weight is 419 g/mol. The summed E-state index contributed by atoms with van der Waals surface area (Å²) in [6.07, 6.45) is 1.42. The molecule has 0 saturated carbocycles. The Labute approximate surface area is 181 Å². The Morgan fingerprint density at radius 1 is 0.935 bits per heavy atom. The molecule has 0 bridgehead atoms. The number of hydrogen-bond acceptors (Lipinski definition) is 4. The highest BCUT2D eigenvalue weighted by Gasteiger charge is 2.17. The van der Waals surface area contributed by atoms with Crippen molar-refractivity contribution in [3.05, 3.63) is 82.8 Å². The van der Waals surface area contributed by atoms with E-state index in [4.69, 9.17) is 4.42 Å². The predicted octanol–water partition coefficient (Wildman–Crippen LogP) is 4.17. The van der Waals surface area contributed by atoms with Crippen LogP contribution >= 0.6 is 0 Å². The number of hydrogen-bond donors (Lipinski definition) is 2. The number of nitrogens with one attached hydrogen (secondary N) is 2. The summed E-state index contributed by atoms with van der Waals surface area (Å²) in [5.74, 6) is -0.742. The number of anilines is 2. The highest BCUT2D eigenvalue weighted by Crippen LogP contribution is 2.22. The van der Waals surface area contributed by atoms with Crippen molar-refractivity contribution in [2.24, 2.45) is 0 Å². The van der Waals surface area contributed by atoms with Crippen LogP contribution in [0.5, 0.6) is 0 Å². The van der Waals surface area contributed by atoms with Crippen molar-refractivity contribution < 1.29 is 18.8 Å². The van der Waals surface area contributed by atoms with E-state index in [-0.39, 0.29) is 30.0 Å².